The Morgan fingerprint density at radius 2 is 1.90 bits per heavy atom. The molecule has 1 unspecified atom stereocenters. The molecule has 1 heterocycles. The van der Waals surface area contributed by atoms with E-state index in [0.717, 1.165) is 17.7 Å². The summed E-state index contributed by atoms with van der Waals surface area (Å²) in [6, 6.07) is 6.19. The number of ether oxygens (including phenoxy) is 1. The number of nitrogens with zero attached hydrogens (tertiary/aromatic N) is 1. The molecular formula is C17H22FNO2. The average molecular weight is 291 g/mol. The van der Waals surface area contributed by atoms with Gasteiger partial charge in [0.15, 0.2) is 0 Å². The fourth-order valence-electron chi connectivity index (χ4n) is 2.29. The van der Waals surface area contributed by atoms with Crippen LogP contribution in [-0.2, 0) is 4.74 Å². The molecule has 1 amide bonds. The number of halogens is 1. The number of carbonyl (C=O) groups excluding carboxylic acids is 1. The molecule has 1 aliphatic rings. The van der Waals surface area contributed by atoms with E-state index >= 15 is 0 Å². The van der Waals surface area contributed by atoms with E-state index < -0.39 is 5.60 Å². The Kier molecular flexibility index (Phi) is 4.35. The van der Waals surface area contributed by atoms with Crippen molar-refractivity contribution in [3.63, 3.8) is 0 Å². The van der Waals surface area contributed by atoms with Crippen LogP contribution in [0.5, 0.6) is 0 Å². The van der Waals surface area contributed by atoms with Gasteiger partial charge in [-0.3, -0.25) is 4.90 Å². The van der Waals surface area contributed by atoms with Gasteiger partial charge in [0.1, 0.15) is 11.4 Å². The van der Waals surface area contributed by atoms with Gasteiger partial charge in [-0.05, 0) is 62.9 Å². The van der Waals surface area contributed by atoms with Crippen LogP contribution in [-0.4, -0.2) is 23.1 Å². The first-order valence-corrected chi connectivity index (χ1v) is 7.23. The molecule has 0 spiro atoms. The number of allylic oxidation sites excluding steroid dienone is 1. The molecule has 0 bridgehead atoms. The van der Waals surface area contributed by atoms with E-state index in [1.807, 2.05) is 26.8 Å². The van der Waals surface area contributed by atoms with Crippen LogP contribution in [0.4, 0.5) is 9.18 Å². The van der Waals surface area contributed by atoms with Gasteiger partial charge in [0, 0.05) is 6.54 Å². The molecule has 0 radical (unpaired) electrons. The number of hydrogen-bond acceptors (Lipinski definition) is 2. The SMILES string of the molecule is CC1CC=C(c2ccc(F)cc2)N(C(=O)OC(C)(C)C)C1. The van der Waals surface area contributed by atoms with Gasteiger partial charge in [0.05, 0.1) is 5.70 Å². The molecule has 3 nitrogen and oxygen atoms in total. The van der Waals surface area contributed by atoms with E-state index in [2.05, 4.69) is 6.92 Å². The molecule has 0 aliphatic carbocycles. The van der Waals surface area contributed by atoms with Gasteiger partial charge in [0.2, 0.25) is 0 Å². The van der Waals surface area contributed by atoms with Gasteiger partial charge < -0.3 is 4.74 Å². The molecule has 1 aromatic carbocycles. The van der Waals surface area contributed by atoms with E-state index in [-0.39, 0.29) is 11.9 Å². The lowest BCUT2D eigenvalue weighted by molar-refractivity contribution is 0.0327. The van der Waals surface area contributed by atoms with Crippen molar-refractivity contribution in [2.45, 2.75) is 39.7 Å². The second kappa shape index (κ2) is 5.88. The highest BCUT2D eigenvalue weighted by molar-refractivity contribution is 5.82. The van der Waals surface area contributed by atoms with Gasteiger partial charge >= 0.3 is 6.09 Å². The lowest BCUT2D eigenvalue weighted by Gasteiger charge is -2.33. The normalized spacial score (nSPS) is 19.2. The Morgan fingerprint density at radius 3 is 2.48 bits per heavy atom. The fraction of sp³-hybridized carbons (Fsp3) is 0.471. The van der Waals surface area contributed by atoms with Crippen LogP contribution < -0.4 is 0 Å². The zero-order valence-corrected chi connectivity index (χ0v) is 13.0. The largest absolute Gasteiger partial charge is 0.443 e. The van der Waals surface area contributed by atoms with E-state index in [0.29, 0.717) is 12.5 Å². The fourth-order valence-corrected chi connectivity index (χ4v) is 2.29. The van der Waals surface area contributed by atoms with Crippen LogP contribution in [0.25, 0.3) is 5.70 Å². The molecule has 0 saturated carbocycles. The summed E-state index contributed by atoms with van der Waals surface area (Å²) in [6.07, 6.45) is 2.56. The van der Waals surface area contributed by atoms with E-state index in [4.69, 9.17) is 4.74 Å². The van der Waals surface area contributed by atoms with Crippen LogP contribution in [0.2, 0.25) is 0 Å². The zero-order valence-electron chi connectivity index (χ0n) is 13.0. The minimum absolute atomic E-state index is 0.285. The van der Waals surface area contributed by atoms with Crippen molar-refractivity contribution in [3.8, 4) is 0 Å². The molecule has 21 heavy (non-hydrogen) atoms. The maximum absolute atomic E-state index is 13.1. The van der Waals surface area contributed by atoms with Gasteiger partial charge in [0.25, 0.3) is 0 Å². The Labute approximate surface area is 125 Å². The second-order valence-corrected chi connectivity index (χ2v) is 6.53. The molecule has 1 aliphatic heterocycles. The van der Waals surface area contributed by atoms with Gasteiger partial charge in [-0.25, -0.2) is 9.18 Å². The summed E-state index contributed by atoms with van der Waals surface area (Å²) in [5.41, 5.74) is 1.09. The van der Waals surface area contributed by atoms with Gasteiger partial charge in [-0.1, -0.05) is 13.0 Å². The van der Waals surface area contributed by atoms with Crippen LogP contribution in [0.1, 0.15) is 39.7 Å². The first kappa shape index (κ1) is 15.5. The summed E-state index contributed by atoms with van der Waals surface area (Å²) in [4.78, 5) is 14.0. The third-order valence-electron chi connectivity index (χ3n) is 3.25. The third-order valence-corrected chi connectivity index (χ3v) is 3.25. The molecule has 0 fully saturated rings. The smallest absolute Gasteiger partial charge is 0.414 e. The molecule has 0 saturated heterocycles. The predicted octanol–water partition coefficient (Wildman–Crippen LogP) is 4.44. The first-order chi connectivity index (χ1) is 9.76. The van der Waals surface area contributed by atoms with Crippen molar-refractivity contribution in [2.24, 2.45) is 5.92 Å². The van der Waals surface area contributed by atoms with Crippen molar-refractivity contribution >= 4 is 11.8 Å². The van der Waals surface area contributed by atoms with Crippen LogP contribution in [0.3, 0.4) is 0 Å². The highest BCUT2D eigenvalue weighted by Crippen LogP contribution is 2.29. The molecule has 114 valence electrons. The number of amides is 1. The second-order valence-electron chi connectivity index (χ2n) is 6.53. The maximum atomic E-state index is 13.1. The predicted molar refractivity (Wildman–Crippen MR) is 81.1 cm³/mol. The van der Waals surface area contributed by atoms with E-state index in [9.17, 15) is 9.18 Å². The highest BCUT2D eigenvalue weighted by atomic mass is 19.1. The molecule has 4 heteroatoms. The Balaban J connectivity index is 2.28. The topological polar surface area (TPSA) is 29.5 Å². The Morgan fingerprint density at radius 1 is 1.29 bits per heavy atom. The standard InChI is InChI=1S/C17H22FNO2/c1-12-5-10-15(13-6-8-14(18)9-7-13)19(11-12)16(20)21-17(2,3)4/h6-10,12H,5,11H2,1-4H3. The Bertz CT molecular complexity index is 543. The van der Waals surface area contributed by atoms with Gasteiger partial charge in [-0.15, -0.1) is 0 Å². The number of carbonyl (C=O) groups is 1. The van der Waals surface area contributed by atoms with Crippen molar-refractivity contribution in [3.05, 3.63) is 41.7 Å². The quantitative estimate of drug-likeness (QED) is 0.765. The van der Waals surface area contributed by atoms with Crippen LogP contribution in [0.15, 0.2) is 30.3 Å². The zero-order chi connectivity index (χ0) is 15.6. The molecule has 1 atom stereocenters. The van der Waals surface area contributed by atoms with Crippen molar-refractivity contribution in [2.75, 3.05) is 6.54 Å². The summed E-state index contributed by atoms with van der Waals surface area (Å²) < 4.78 is 18.5. The van der Waals surface area contributed by atoms with Crippen molar-refractivity contribution < 1.29 is 13.9 Å². The van der Waals surface area contributed by atoms with Crippen LogP contribution >= 0.6 is 0 Å². The maximum Gasteiger partial charge on any atom is 0.414 e. The molecule has 0 N–H and O–H groups in total. The van der Waals surface area contributed by atoms with Crippen molar-refractivity contribution in [1.82, 2.24) is 4.90 Å². The summed E-state index contributed by atoms with van der Waals surface area (Å²) >= 11 is 0. The minimum atomic E-state index is -0.536. The van der Waals surface area contributed by atoms with Crippen molar-refractivity contribution in [1.29, 1.82) is 0 Å². The summed E-state index contributed by atoms with van der Waals surface area (Å²) in [5, 5.41) is 0. The molecule has 1 aromatic rings. The Hall–Kier alpha value is -1.84. The highest BCUT2D eigenvalue weighted by Gasteiger charge is 2.29. The number of hydrogen-bond donors (Lipinski definition) is 0. The minimum Gasteiger partial charge on any atom is -0.443 e. The molecule has 0 aromatic heterocycles. The number of benzene rings is 1. The summed E-state index contributed by atoms with van der Waals surface area (Å²) in [5.74, 6) is 0.0917. The summed E-state index contributed by atoms with van der Waals surface area (Å²) in [7, 11) is 0. The third kappa shape index (κ3) is 4.06. The van der Waals surface area contributed by atoms with E-state index in [1.54, 1.807) is 17.0 Å². The number of rotatable bonds is 1. The average Bonchev–Trinajstić information content (AvgIpc) is 2.38. The lowest BCUT2D eigenvalue weighted by Crippen LogP contribution is -2.39. The monoisotopic (exact) mass is 291 g/mol. The van der Waals surface area contributed by atoms with Gasteiger partial charge in [-0.2, -0.15) is 0 Å². The van der Waals surface area contributed by atoms with E-state index in [1.165, 1.54) is 12.1 Å². The van der Waals surface area contributed by atoms with Crippen LogP contribution in [0, 0.1) is 11.7 Å². The summed E-state index contributed by atoms with van der Waals surface area (Å²) in [6.45, 7) is 8.24. The molecule has 2 rings (SSSR count). The lowest BCUT2D eigenvalue weighted by atomic mass is 9.98. The molecular weight excluding hydrogens is 269 g/mol. The first-order valence-electron chi connectivity index (χ1n) is 7.23.